The average Bonchev–Trinajstić information content (AvgIpc) is 1.97. The van der Waals surface area contributed by atoms with E-state index in [2.05, 4.69) is 6.58 Å². The molecule has 0 heterocycles. The van der Waals surface area contributed by atoms with Gasteiger partial charge in [0, 0.05) is 12.8 Å². The van der Waals surface area contributed by atoms with Crippen molar-refractivity contribution < 1.29 is 26.3 Å². The van der Waals surface area contributed by atoms with Gasteiger partial charge in [-0.15, -0.1) is 0 Å². The van der Waals surface area contributed by atoms with Crippen molar-refractivity contribution in [3.63, 3.8) is 0 Å². The van der Waals surface area contributed by atoms with E-state index in [9.17, 15) is 26.3 Å². The molecule has 0 fully saturated rings. The maximum absolute atomic E-state index is 11.7. The van der Waals surface area contributed by atoms with Crippen LogP contribution in [-0.2, 0) is 0 Å². The molecule has 0 atom stereocenters. The molecular formula is C9H12F6. The topological polar surface area (TPSA) is 0 Å². The van der Waals surface area contributed by atoms with E-state index in [1.54, 1.807) is 0 Å². The molecular weight excluding hydrogens is 222 g/mol. The lowest BCUT2D eigenvalue weighted by molar-refractivity contribution is -0.137. The quantitative estimate of drug-likeness (QED) is 0.481. The van der Waals surface area contributed by atoms with Crippen LogP contribution >= 0.6 is 0 Å². The first-order chi connectivity index (χ1) is 6.60. The van der Waals surface area contributed by atoms with Gasteiger partial charge in [0.15, 0.2) is 0 Å². The third kappa shape index (κ3) is 11.2. The molecule has 90 valence electrons. The highest BCUT2D eigenvalue weighted by Gasteiger charge is 2.28. The van der Waals surface area contributed by atoms with E-state index in [0.717, 1.165) is 0 Å². The fourth-order valence-corrected chi connectivity index (χ4v) is 0.982. The zero-order valence-corrected chi connectivity index (χ0v) is 8.01. The van der Waals surface area contributed by atoms with E-state index in [0.29, 0.717) is 0 Å². The van der Waals surface area contributed by atoms with Gasteiger partial charge >= 0.3 is 12.4 Å². The van der Waals surface area contributed by atoms with Crippen LogP contribution < -0.4 is 0 Å². The monoisotopic (exact) mass is 234 g/mol. The van der Waals surface area contributed by atoms with E-state index in [1.165, 1.54) is 0 Å². The molecule has 0 rings (SSSR count). The second-order valence-corrected chi connectivity index (χ2v) is 3.33. The van der Waals surface area contributed by atoms with Gasteiger partial charge in [-0.3, -0.25) is 0 Å². The van der Waals surface area contributed by atoms with Crippen molar-refractivity contribution in [3.05, 3.63) is 12.2 Å². The maximum atomic E-state index is 11.7. The van der Waals surface area contributed by atoms with E-state index < -0.39 is 25.2 Å². The second kappa shape index (κ2) is 5.42. The number of hydrogen-bond acceptors (Lipinski definition) is 0. The van der Waals surface area contributed by atoms with Crippen LogP contribution in [0.4, 0.5) is 26.3 Å². The molecule has 0 aromatic rings. The lowest BCUT2D eigenvalue weighted by Crippen LogP contribution is -2.08. The first-order valence-corrected chi connectivity index (χ1v) is 4.40. The zero-order chi connectivity index (χ0) is 12.1. The van der Waals surface area contributed by atoms with Crippen molar-refractivity contribution in [1.82, 2.24) is 0 Å². The lowest BCUT2D eigenvalue weighted by Gasteiger charge is -2.09. The van der Waals surface area contributed by atoms with E-state index >= 15 is 0 Å². The Hall–Kier alpha value is -0.680. The molecule has 0 spiro atoms. The summed E-state index contributed by atoms with van der Waals surface area (Å²) in [6.07, 6.45) is -11.0. The Bertz CT molecular complexity index is 200. The van der Waals surface area contributed by atoms with Crippen LogP contribution in [0.5, 0.6) is 0 Å². The summed E-state index contributed by atoms with van der Waals surface area (Å²) in [6, 6.07) is 0. The third-order valence-corrected chi connectivity index (χ3v) is 1.75. The Kier molecular flexibility index (Phi) is 5.17. The lowest BCUT2D eigenvalue weighted by atomic mass is 10.1. The van der Waals surface area contributed by atoms with E-state index in [4.69, 9.17) is 0 Å². The van der Waals surface area contributed by atoms with Gasteiger partial charge in [0.1, 0.15) is 0 Å². The molecule has 0 bridgehead atoms. The SMILES string of the molecule is C=C(CCCC(F)(F)F)CCC(F)(F)F. The normalized spacial score (nSPS) is 12.9. The molecule has 0 aliphatic carbocycles. The van der Waals surface area contributed by atoms with Crippen LogP contribution in [-0.4, -0.2) is 12.4 Å². The zero-order valence-electron chi connectivity index (χ0n) is 8.01. The summed E-state index contributed by atoms with van der Waals surface area (Å²) in [4.78, 5) is 0. The minimum Gasteiger partial charge on any atom is -0.171 e. The van der Waals surface area contributed by atoms with Crippen LogP contribution in [0.15, 0.2) is 12.2 Å². The molecule has 0 saturated heterocycles. The van der Waals surface area contributed by atoms with Gasteiger partial charge in [-0.2, -0.15) is 26.3 Å². The molecule has 0 N–H and O–H groups in total. The highest BCUT2D eigenvalue weighted by atomic mass is 19.4. The highest BCUT2D eigenvalue weighted by Crippen LogP contribution is 2.27. The number of allylic oxidation sites excluding steroid dienone is 1. The van der Waals surface area contributed by atoms with Gasteiger partial charge in [0.05, 0.1) is 0 Å². The molecule has 0 saturated carbocycles. The fraction of sp³-hybridized carbons (Fsp3) is 0.778. The van der Waals surface area contributed by atoms with Gasteiger partial charge in [0.2, 0.25) is 0 Å². The van der Waals surface area contributed by atoms with Crippen LogP contribution in [0.3, 0.4) is 0 Å². The summed E-state index contributed by atoms with van der Waals surface area (Å²) in [6.45, 7) is 3.31. The van der Waals surface area contributed by atoms with Gasteiger partial charge < -0.3 is 0 Å². The Morgan fingerprint density at radius 1 is 0.800 bits per heavy atom. The largest absolute Gasteiger partial charge is 0.389 e. The van der Waals surface area contributed by atoms with Crippen LogP contribution in [0.25, 0.3) is 0 Å². The van der Waals surface area contributed by atoms with Crippen molar-refractivity contribution in [3.8, 4) is 0 Å². The molecule has 0 aromatic heterocycles. The summed E-state index contributed by atoms with van der Waals surface area (Å²) in [5, 5.41) is 0. The highest BCUT2D eigenvalue weighted by molar-refractivity contribution is 4.94. The van der Waals surface area contributed by atoms with Crippen molar-refractivity contribution in [2.24, 2.45) is 0 Å². The fourth-order valence-electron chi connectivity index (χ4n) is 0.982. The Balaban J connectivity index is 3.60. The summed E-state index contributed by atoms with van der Waals surface area (Å²) in [5.41, 5.74) is 0.219. The Morgan fingerprint density at radius 3 is 1.67 bits per heavy atom. The smallest absolute Gasteiger partial charge is 0.171 e. The van der Waals surface area contributed by atoms with Crippen LogP contribution in [0.1, 0.15) is 32.1 Å². The molecule has 0 aliphatic heterocycles. The summed E-state index contributed by atoms with van der Waals surface area (Å²) >= 11 is 0. The molecule has 0 radical (unpaired) electrons. The first-order valence-electron chi connectivity index (χ1n) is 4.40. The van der Waals surface area contributed by atoms with Gasteiger partial charge in [0.25, 0.3) is 0 Å². The minimum atomic E-state index is -4.27. The van der Waals surface area contributed by atoms with Crippen molar-refractivity contribution in [2.45, 2.75) is 44.5 Å². The number of halogens is 6. The Morgan fingerprint density at radius 2 is 1.27 bits per heavy atom. The van der Waals surface area contributed by atoms with Crippen molar-refractivity contribution in [2.75, 3.05) is 0 Å². The molecule has 0 aromatic carbocycles. The summed E-state index contributed by atoms with van der Waals surface area (Å²) in [7, 11) is 0. The maximum Gasteiger partial charge on any atom is 0.389 e. The second-order valence-electron chi connectivity index (χ2n) is 3.33. The molecule has 0 aliphatic rings. The molecule has 0 amide bonds. The van der Waals surface area contributed by atoms with Crippen molar-refractivity contribution in [1.29, 1.82) is 0 Å². The van der Waals surface area contributed by atoms with E-state index in [-0.39, 0.29) is 24.8 Å². The third-order valence-electron chi connectivity index (χ3n) is 1.75. The molecule has 0 unspecified atom stereocenters. The molecule has 6 heteroatoms. The average molecular weight is 234 g/mol. The van der Waals surface area contributed by atoms with Gasteiger partial charge in [-0.1, -0.05) is 12.2 Å². The van der Waals surface area contributed by atoms with Gasteiger partial charge in [-0.05, 0) is 19.3 Å². The van der Waals surface area contributed by atoms with Crippen LogP contribution in [0.2, 0.25) is 0 Å². The van der Waals surface area contributed by atoms with Crippen LogP contribution in [0, 0.1) is 0 Å². The predicted octanol–water partition coefficient (Wildman–Crippen LogP) is 4.62. The van der Waals surface area contributed by atoms with Crippen molar-refractivity contribution >= 4 is 0 Å². The number of alkyl halides is 6. The molecule has 15 heavy (non-hydrogen) atoms. The first kappa shape index (κ1) is 14.3. The predicted molar refractivity (Wildman–Crippen MR) is 44.3 cm³/mol. The number of rotatable bonds is 5. The standard InChI is InChI=1S/C9H12F6/c1-7(4-6-9(13,14)15)3-2-5-8(10,11)12/h1-6H2. The number of hydrogen-bond donors (Lipinski definition) is 0. The van der Waals surface area contributed by atoms with E-state index in [1.807, 2.05) is 0 Å². The summed E-state index contributed by atoms with van der Waals surface area (Å²) in [5.74, 6) is 0. The summed E-state index contributed by atoms with van der Waals surface area (Å²) < 4.78 is 70.1. The molecule has 0 nitrogen and oxygen atoms in total. The Labute approximate surface area is 84.0 Å². The van der Waals surface area contributed by atoms with Gasteiger partial charge in [-0.25, -0.2) is 0 Å². The minimum absolute atomic E-state index is 0.00438.